The van der Waals surface area contributed by atoms with Crippen molar-refractivity contribution in [1.29, 1.82) is 0 Å². The van der Waals surface area contributed by atoms with E-state index in [4.69, 9.17) is 19.9 Å². The standard InChI is InChI=1S/C34H28FN5O5/c1-43-28-16-25-26(17-29(28)44-2)37-18-38-33(25)45-27-14-13-22(21-6-3-4-7-23(21)27)24-8-5-15-39-31(24)30(32(36)41)34(42)40(39)20-11-9-19(35)10-12-20/h3-4,6-7,9-14,16-18,24H,5,8,15H2,1-2H3,(H2,36,41). The Hall–Kier alpha value is -5.71. The van der Waals surface area contributed by atoms with Crippen molar-refractivity contribution in [2.24, 2.45) is 5.73 Å². The largest absolute Gasteiger partial charge is 0.493 e. The van der Waals surface area contributed by atoms with Crippen molar-refractivity contribution >= 4 is 27.6 Å². The van der Waals surface area contributed by atoms with Gasteiger partial charge in [0.05, 0.1) is 36.5 Å². The van der Waals surface area contributed by atoms with Gasteiger partial charge in [0.25, 0.3) is 11.5 Å². The molecule has 2 aromatic heterocycles. The Labute approximate surface area is 256 Å². The van der Waals surface area contributed by atoms with Crippen molar-refractivity contribution in [1.82, 2.24) is 19.3 Å². The Bertz CT molecular complexity index is 2170. The van der Waals surface area contributed by atoms with Gasteiger partial charge in [-0.15, -0.1) is 0 Å². The molecule has 1 aliphatic heterocycles. The Kier molecular flexibility index (Phi) is 6.92. The summed E-state index contributed by atoms with van der Waals surface area (Å²) >= 11 is 0. The molecule has 6 aromatic rings. The highest BCUT2D eigenvalue weighted by atomic mass is 19.1. The van der Waals surface area contributed by atoms with Gasteiger partial charge in [-0.05, 0) is 60.2 Å². The van der Waals surface area contributed by atoms with Gasteiger partial charge in [0.15, 0.2) is 11.5 Å². The van der Waals surface area contributed by atoms with E-state index in [1.807, 2.05) is 36.4 Å². The molecule has 0 fully saturated rings. The molecule has 3 heterocycles. The van der Waals surface area contributed by atoms with Gasteiger partial charge in [0.2, 0.25) is 5.88 Å². The van der Waals surface area contributed by atoms with Crippen LogP contribution < -0.4 is 25.5 Å². The Morgan fingerprint density at radius 1 is 0.911 bits per heavy atom. The highest BCUT2D eigenvalue weighted by molar-refractivity contribution is 5.96. The summed E-state index contributed by atoms with van der Waals surface area (Å²) in [4.78, 5) is 35.2. The number of benzene rings is 4. The Morgan fingerprint density at radius 3 is 2.38 bits per heavy atom. The molecule has 1 amide bonds. The minimum Gasteiger partial charge on any atom is -0.493 e. The van der Waals surface area contributed by atoms with E-state index in [2.05, 4.69) is 9.97 Å². The predicted octanol–water partition coefficient (Wildman–Crippen LogP) is 5.71. The molecule has 0 saturated heterocycles. The molecular weight excluding hydrogens is 577 g/mol. The van der Waals surface area contributed by atoms with Crippen LogP contribution in [0.4, 0.5) is 4.39 Å². The molecule has 1 unspecified atom stereocenters. The van der Waals surface area contributed by atoms with Crippen LogP contribution in [0.5, 0.6) is 23.1 Å². The van der Waals surface area contributed by atoms with Crippen LogP contribution >= 0.6 is 0 Å². The molecule has 10 nitrogen and oxygen atoms in total. The second-order valence-electron chi connectivity index (χ2n) is 10.7. The molecule has 0 aliphatic carbocycles. The first kappa shape index (κ1) is 28.1. The van der Waals surface area contributed by atoms with Gasteiger partial charge >= 0.3 is 0 Å². The smallest absolute Gasteiger partial charge is 0.284 e. The number of halogens is 1. The van der Waals surface area contributed by atoms with Crippen LogP contribution in [0.2, 0.25) is 0 Å². The number of ether oxygens (including phenoxy) is 3. The van der Waals surface area contributed by atoms with E-state index in [9.17, 15) is 14.0 Å². The van der Waals surface area contributed by atoms with E-state index in [1.165, 1.54) is 35.3 Å². The van der Waals surface area contributed by atoms with Gasteiger partial charge in [-0.1, -0.05) is 30.3 Å². The number of carbonyl (C=O) groups excluding carboxylic acids is 1. The molecular formula is C34H28FN5O5. The number of carbonyl (C=O) groups is 1. The molecule has 4 aromatic carbocycles. The van der Waals surface area contributed by atoms with E-state index in [-0.39, 0.29) is 11.5 Å². The second kappa shape index (κ2) is 11.1. The minimum absolute atomic E-state index is 0.0646. The number of rotatable bonds is 7. The van der Waals surface area contributed by atoms with Crippen LogP contribution in [-0.2, 0) is 6.54 Å². The summed E-state index contributed by atoms with van der Waals surface area (Å²) in [6, 6.07) is 20.8. The van der Waals surface area contributed by atoms with Gasteiger partial charge < -0.3 is 19.9 Å². The molecule has 2 N–H and O–H groups in total. The number of hydrogen-bond acceptors (Lipinski definition) is 7. The molecule has 11 heteroatoms. The van der Waals surface area contributed by atoms with Gasteiger partial charge in [-0.2, -0.15) is 0 Å². The number of amides is 1. The van der Waals surface area contributed by atoms with Crippen molar-refractivity contribution in [3.05, 3.63) is 112 Å². The van der Waals surface area contributed by atoms with Crippen molar-refractivity contribution in [3.8, 4) is 28.8 Å². The van der Waals surface area contributed by atoms with E-state index in [0.717, 1.165) is 22.8 Å². The number of fused-ring (bicyclic) bond motifs is 3. The molecule has 45 heavy (non-hydrogen) atoms. The van der Waals surface area contributed by atoms with Crippen LogP contribution in [0.25, 0.3) is 27.4 Å². The lowest BCUT2D eigenvalue weighted by Crippen LogP contribution is -2.26. The van der Waals surface area contributed by atoms with Crippen molar-refractivity contribution < 1.29 is 23.4 Å². The zero-order chi connectivity index (χ0) is 31.2. The summed E-state index contributed by atoms with van der Waals surface area (Å²) in [5.74, 6) is 0.432. The molecule has 226 valence electrons. The zero-order valence-electron chi connectivity index (χ0n) is 24.5. The molecule has 0 spiro atoms. The van der Waals surface area contributed by atoms with E-state index in [1.54, 1.807) is 31.0 Å². The number of aromatic nitrogens is 4. The number of nitrogens with two attached hydrogens (primary N) is 1. The topological polar surface area (TPSA) is 123 Å². The molecule has 7 rings (SSSR count). The average molecular weight is 606 g/mol. The lowest BCUT2D eigenvalue weighted by molar-refractivity contribution is 0.0997. The minimum atomic E-state index is -0.802. The number of hydrogen-bond donors (Lipinski definition) is 1. The molecule has 0 radical (unpaired) electrons. The first-order valence-corrected chi connectivity index (χ1v) is 14.4. The van der Waals surface area contributed by atoms with E-state index < -0.39 is 17.3 Å². The fraction of sp³-hybridized carbons (Fsp3) is 0.176. The summed E-state index contributed by atoms with van der Waals surface area (Å²) < 4.78 is 34.3. The average Bonchev–Trinajstić information content (AvgIpc) is 3.37. The third kappa shape index (κ3) is 4.64. The van der Waals surface area contributed by atoms with E-state index in [0.29, 0.717) is 58.4 Å². The summed E-state index contributed by atoms with van der Waals surface area (Å²) in [6.07, 6.45) is 2.87. The Balaban J connectivity index is 1.37. The first-order chi connectivity index (χ1) is 21.9. The number of methoxy groups -OCH3 is 2. The first-order valence-electron chi connectivity index (χ1n) is 14.4. The summed E-state index contributed by atoms with van der Waals surface area (Å²) in [5.41, 5.74) is 7.79. The highest BCUT2D eigenvalue weighted by Gasteiger charge is 2.34. The molecule has 1 atom stereocenters. The maximum absolute atomic E-state index is 13.7. The quantitative estimate of drug-likeness (QED) is 0.247. The van der Waals surface area contributed by atoms with Gasteiger partial charge in [0.1, 0.15) is 23.5 Å². The fourth-order valence-corrected chi connectivity index (χ4v) is 6.32. The third-order valence-corrected chi connectivity index (χ3v) is 8.30. The van der Waals surface area contributed by atoms with Gasteiger partial charge in [-0.25, -0.2) is 19.0 Å². The second-order valence-corrected chi connectivity index (χ2v) is 10.7. The Morgan fingerprint density at radius 2 is 1.64 bits per heavy atom. The van der Waals surface area contributed by atoms with Crippen LogP contribution in [0, 0.1) is 5.82 Å². The normalized spacial score (nSPS) is 14.3. The van der Waals surface area contributed by atoms with Crippen LogP contribution in [0.1, 0.15) is 40.4 Å². The van der Waals surface area contributed by atoms with Crippen LogP contribution in [-0.4, -0.2) is 39.5 Å². The zero-order valence-corrected chi connectivity index (χ0v) is 24.5. The van der Waals surface area contributed by atoms with E-state index >= 15 is 0 Å². The maximum Gasteiger partial charge on any atom is 0.284 e. The molecule has 0 saturated carbocycles. The third-order valence-electron chi connectivity index (χ3n) is 8.30. The lowest BCUT2D eigenvalue weighted by Gasteiger charge is -2.28. The van der Waals surface area contributed by atoms with Crippen molar-refractivity contribution in [2.45, 2.75) is 25.3 Å². The fourth-order valence-electron chi connectivity index (χ4n) is 6.32. The lowest BCUT2D eigenvalue weighted by atomic mass is 9.84. The number of primary amides is 1. The highest BCUT2D eigenvalue weighted by Crippen LogP contribution is 2.42. The van der Waals surface area contributed by atoms with Crippen LogP contribution in [0.15, 0.2) is 83.9 Å². The predicted molar refractivity (Wildman–Crippen MR) is 166 cm³/mol. The van der Waals surface area contributed by atoms with Gasteiger partial charge in [0, 0.05) is 23.9 Å². The summed E-state index contributed by atoms with van der Waals surface area (Å²) in [5, 5.41) is 2.36. The van der Waals surface area contributed by atoms with Crippen molar-refractivity contribution in [2.75, 3.05) is 14.2 Å². The van der Waals surface area contributed by atoms with Crippen molar-refractivity contribution in [3.63, 3.8) is 0 Å². The van der Waals surface area contributed by atoms with Gasteiger partial charge in [-0.3, -0.25) is 14.3 Å². The SMILES string of the molecule is COc1cc2ncnc(Oc3ccc(C4CCCn5c4c(C(N)=O)c(=O)n5-c4ccc(F)cc4)c4ccccc34)c2cc1OC. The van der Waals surface area contributed by atoms with Crippen LogP contribution in [0.3, 0.4) is 0 Å². The number of nitrogens with zero attached hydrogens (tertiary/aromatic N) is 4. The summed E-state index contributed by atoms with van der Waals surface area (Å²) in [7, 11) is 3.12. The monoisotopic (exact) mass is 605 g/mol. The molecule has 1 aliphatic rings. The summed E-state index contributed by atoms with van der Waals surface area (Å²) in [6.45, 7) is 0.500. The maximum atomic E-state index is 13.7. The molecule has 0 bridgehead atoms.